The predicted octanol–water partition coefficient (Wildman–Crippen LogP) is 3.81. The van der Waals surface area contributed by atoms with Crippen LogP contribution in [0.4, 0.5) is 0 Å². The smallest absolute Gasteiger partial charge is 0.119 e. The molecule has 4 heteroatoms. The summed E-state index contributed by atoms with van der Waals surface area (Å²) in [6, 6.07) is 3.87. The number of phenolic OH excluding ortho intramolecular Hbond substituents is 1. The van der Waals surface area contributed by atoms with Gasteiger partial charge < -0.3 is 5.11 Å². The molecular weight excluding hydrogens is 309 g/mol. The molecule has 74 valence electrons. The Morgan fingerprint density at radius 3 is 2.79 bits per heavy atom. The summed E-state index contributed by atoms with van der Waals surface area (Å²) in [6.45, 7) is 3.96. The maximum atomic E-state index is 9.66. The van der Waals surface area contributed by atoms with Gasteiger partial charge in [-0.3, -0.25) is 3.97 Å². The Balaban J connectivity index is 2.90. The van der Waals surface area contributed by atoms with Crippen molar-refractivity contribution < 1.29 is 5.11 Å². The monoisotopic (exact) mass is 319 g/mol. The molecule has 1 N–H and O–H groups in total. The number of nitrogens with zero attached hydrogens (tertiary/aromatic N) is 1. The molecule has 0 bridgehead atoms. The van der Waals surface area contributed by atoms with Gasteiger partial charge in [-0.1, -0.05) is 0 Å². The fourth-order valence-electron chi connectivity index (χ4n) is 1.68. The van der Waals surface area contributed by atoms with Crippen LogP contribution in [0.15, 0.2) is 18.3 Å². The van der Waals surface area contributed by atoms with Gasteiger partial charge in [0.25, 0.3) is 0 Å². The molecule has 2 rings (SSSR count). The van der Waals surface area contributed by atoms with Crippen LogP contribution in [0.1, 0.15) is 11.1 Å². The third kappa shape index (κ3) is 1.40. The van der Waals surface area contributed by atoms with Crippen LogP contribution in [0.3, 0.4) is 0 Å². The molecule has 1 heterocycles. The summed E-state index contributed by atoms with van der Waals surface area (Å²) < 4.78 is 2.11. The van der Waals surface area contributed by atoms with E-state index >= 15 is 0 Å². The van der Waals surface area contributed by atoms with Gasteiger partial charge in [0, 0.05) is 47.5 Å². The van der Waals surface area contributed by atoms with E-state index in [2.05, 4.69) is 25.2 Å². The first-order valence-electron chi connectivity index (χ1n) is 4.24. The Morgan fingerprint density at radius 1 is 1.43 bits per heavy atom. The molecule has 0 amide bonds. The number of aryl methyl sites for hydroxylation is 2. The molecule has 0 aliphatic rings. The Kier molecular flexibility index (Phi) is 2.66. The van der Waals surface area contributed by atoms with Gasteiger partial charge in [0.2, 0.25) is 0 Å². The van der Waals surface area contributed by atoms with Crippen molar-refractivity contribution in [1.82, 2.24) is 3.97 Å². The van der Waals surface area contributed by atoms with Crippen molar-refractivity contribution in [2.24, 2.45) is 0 Å². The minimum Gasteiger partial charge on any atom is -0.508 e. The van der Waals surface area contributed by atoms with Crippen molar-refractivity contribution in [2.75, 3.05) is 0 Å². The number of phenols is 1. The summed E-state index contributed by atoms with van der Waals surface area (Å²) >= 11 is 2.25. The third-order valence-electron chi connectivity index (χ3n) is 2.44. The zero-order valence-electron chi connectivity index (χ0n) is 7.91. The number of benzene rings is 1. The summed E-state index contributed by atoms with van der Waals surface area (Å²) in [5.41, 5.74) is 3.26. The Morgan fingerprint density at radius 2 is 2.14 bits per heavy atom. The van der Waals surface area contributed by atoms with Crippen molar-refractivity contribution in [3.05, 3.63) is 29.5 Å². The van der Waals surface area contributed by atoms with Gasteiger partial charge in [0.1, 0.15) is 5.75 Å². The van der Waals surface area contributed by atoms with Crippen molar-refractivity contribution >= 4 is 41.2 Å². The minimum absolute atomic E-state index is 0.381. The van der Waals surface area contributed by atoms with Crippen LogP contribution in [-0.2, 0) is 0 Å². The third-order valence-corrected chi connectivity index (χ3v) is 4.17. The molecule has 0 fully saturated rings. The van der Waals surface area contributed by atoms with Crippen LogP contribution in [-0.4, -0.2) is 9.08 Å². The van der Waals surface area contributed by atoms with Crippen LogP contribution in [0, 0.1) is 13.8 Å². The van der Waals surface area contributed by atoms with Crippen LogP contribution < -0.4 is 0 Å². The summed E-state index contributed by atoms with van der Waals surface area (Å²) in [7, 11) is 1.64. The lowest BCUT2D eigenvalue weighted by Crippen LogP contribution is -1.86. The van der Waals surface area contributed by atoms with E-state index in [1.807, 2.05) is 32.2 Å². The van der Waals surface area contributed by atoms with Crippen LogP contribution >= 0.6 is 30.3 Å². The van der Waals surface area contributed by atoms with E-state index in [1.54, 1.807) is 9.12 Å². The van der Waals surface area contributed by atoms with Crippen molar-refractivity contribution in [2.45, 2.75) is 13.8 Å². The predicted molar refractivity (Wildman–Crippen MR) is 70.1 cm³/mol. The van der Waals surface area contributed by atoms with E-state index in [0.29, 0.717) is 5.75 Å². The second-order valence-corrected chi connectivity index (χ2v) is 5.02. The molecule has 1 aromatic carbocycles. The summed E-state index contributed by atoms with van der Waals surface area (Å²) in [5, 5.41) is 10.8. The van der Waals surface area contributed by atoms with E-state index in [9.17, 15) is 5.11 Å². The topological polar surface area (TPSA) is 25.2 Å². The van der Waals surface area contributed by atoms with Gasteiger partial charge >= 0.3 is 0 Å². The normalized spacial score (nSPS) is 11.1. The molecule has 0 aliphatic heterocycles. The fourth-order valence-corrected chi connectivity index (χ4v) is 3.08. The van der Waals surface area contributed by atoms with E-state index < -0.39 is 0 Å². The van der Waals surface area contributed by atoms with E-state index in [4.69, 9.17) is 0 Å². The molecule has 2 nitrogen and oxygen atoms in total. The maximum Gasteiger partial charge on any atom is 0.119 e. The SMILES string of the molecule is Cc1c(O)cc(C)c2c1ccn2SI. The largest absolute Gasteiger partial charge is 0.508 e. The lowest BCUT2D eigenvalue weighted by molar-refractivity contribution is 0.472. The van der Waals surface area contributed by atoms with Crippen LogP contribution in [0.2, 0.25) is 0 Å². The average Bonchev–Trinajstić information content (AvgIpc) is 2.58. The number of fused-ring (bicyclic) bond motifs is 1. The van der Waals surface area contributed by atoms with Gasteiger partial charge in [-0.05, 0) is 31.5 Å². The van der Waals surface area contributed by atoms with Crippen LogP contribution in [0.5, 0.6) is 5.75 Å². The van der Waals surface area contributed by atoms with E-state index in [1.165, 1.54) is 5.52 Å². The first kappa shape index (κ1) is 10.2. The fraction of sp³-hybridized carbons (Fsp3) is 0.200. The second kappa shape index (κ2) is 3.66. The standard InChI is InChI=1S/C10H10INOS/c1-6-5-9(13)7(2)8-3-4-12(14-11)10(6)8/h3-5,13H,1-2H3. The number of aromatic hydroxyl groups is 1. The van der Waals surface area contributed by atoms with Gasteiger partial charge in [-0.2, -0.15) is 0 Å². The first-order chi connectivity index (χ1) is 6.65. The first-order valence-corrected chi connectivity index (χ1v) is 7.56. The molecule has 1 aromatic heterocycles. The van der Waals surface area contributed by atoms with Crippen LogP contribution in [0.25, 0.3) is 10.9 Å². The zero-order valence-corrected chi connectivity index (χ0v) is 10.9. The summed E-state index contributed by atoms with van der Waals surface area (Å²) in [6.07, 6.45) is 2.03. The van der Waals surface area contributed by atoms with Crippen molar-refractivity contribution in [3.63, 3.8) is 0 Å². The highest BCUT2D eigenvalue weighted by molar-refractivity contribution is 14.2. The number of hydrogen-bond donors (Lipinski definition) is 1. The highest BCUT2D eigenvalue weighted by atomic mass is 127. The molecular formula is C10H10INOS. The number of rotatable bonds is 1. The van der Waals surface area contributed by atoms with Gasteiger partial charge in [0.15, 0.2) is 0 Å². The molecule has 0 spiro atoms. The number of halogens is 1. The van der Waals surface area contributed by atoms with E-state index in [0.717, 1.165) is 16.5 Å². The lowest BCUT2D eigenvalue weighted by atomic mass is 10.1. The second-order valence-electron chi connectivity index (χ2n) is 3.31. The minimum atomic E-state index is 0.381. The lowest BCUT2D eigenvalue weighted by Gasteiger charge is -2.06. The molecule has 14 heavy (non-hydrogen) atoms. The van der Waals surface area contributed by atoms with Gasteiger partial charge in [-0.15, -0.1) is 0 Å². The summed E-state index contributed by atoms with van der Waals surface area (Å²) in [4.78, 5) is 0. The number of hydrogen-bond acceptors (Lipinski definition) is 2. The zero-order chi connectivity index (χ0) is 10.3. The average molecular weight is 319 g/mol. The molecule has 0 unspecified atom stereocenters. The molecule has 0 atom stereocenters. The quantitative estimate of drug-likeness (QED) is 0.809. The number of aromatic nitrogens is 1. The molecule has 0 saturated carbocycles. The molecule has 0 aliphatic carbocycles. The van der Waals surface area contributed by atoms with E-state index in [-0.39, 0.29) is 0 Å². The molecule has 2 aromatic rings. The van der Waals surface area contributed by atoms with Crippen molar-refractivity contribution in [3.8, 4) is 5.75 Å². The Hall–Kier alpha value is -0.360. The van der Waals surface area contributed by atoms with Crippen molar-refractivity contribution in [1.29, 1.82) is 0 Å². The highest BCUT2D eigenvalue weighted by Crippen LogP contribution is 2.33. The summed E-state index contributed by atoms with van der Waals surface area (Å²) in [5.74, 6) is 0.381. The Bertz CT molecular complexity index is 492. The Labute approximate surface area is 99.0 Å². The van der Waals surface area contributed by atoms with Gasteiger partial charge in [-0.25, -0.2) is 0 Å². The van der Waals surface area contributed by atoms with Gasteiger partial charge in [0.05, 0.1) is 5.52 Å². The molecule has 0 saturated heterocycles. The highest BCUT2D eigenvalue weighted by Gasteiger charge is 2.09. The molecule has 0 radical (unpaired) electrons. The maximum absolute atomic E-state index is 9.66.